The van der Waals surface area contributed by atoms with Gasteiger partial charge in [-0.2, -0.15) is 0 Å². The second kappa shape index (κ2) is 4.59. The van der Waals surface area contributed by atoms with E-state index in [4.69, 9.17) is 9.63 Å². The van der Waals surface area contributed by atoms with Gasteiger partial charge in [-0.25, -0.2) is 0 Å². The molecule has 0 fully saturated rings. The van der Waals surface area contributed by atoms with E-state index in [0.29, 0.717) is 11.3 Å². The van der Waals surface area contributed by atoms with Crippen LogP contribution in [0, 0.1) is 6.92 Å². The molecule has 0 bridgehead atoms. The number of rotatable bonds is 4. The molecule has 1 aromatic heterocycles. The van der Waals surface area contributed by atoms with Crippen LogP contribution in [0.2, 0.25) is 0 Å². The van der Waals surface area contributed by atoms with E-state index >= 15 is 0 Å². The zero-order valence-electron chi connectivity index (χ0n) is 8.56. The third kappa shape index (κ3) is 2.80. The minimum atomic E-state index is -0.934. The van der Waals surface area contributed by atoms with E-state index in [1.807, 2.05) is 0 Å². The first kappa shape index (κ1) is 11.2. The Morgan fingerprint density at radius 2 is 2.27 bits per heavy atom. The van der Waals surface area contributed by atoms with Crippen molar-refractivity contribution >= 4 is 11.9 Å². The van der Waals surface area contributed by atoms with Crippen molar-refractivity contribution in [2.24, 2.45) is 0 Å². The summed E-state index contributed by atoms with van der Waals surface area (Å²) in [4.78, 5) is 23.3. The van der Waals surface area contributed by atoms with Gasteiger partial charge in [0.15, 0.2) is 0 Å². The molecule has 0 atom stereocenters. The molecule has 82 valence electrons. The summed E-state index contributed by atoms with van der Waals surface area (Å²) in [5.74, 6) is -0.783. The van der Waals surface area contributed by atoms with E-state index < -0.39 is 5.97 Å². The summed E-state index contributed by atoms with van der Waals surface area (Å²) in [6.07, 6.45) is 1.25. The summed E-state index contributed by atoms with van der Waals surface area (Å²) in [5.41, 5.74) is 0.364. The van der Waals surface area contributed by atoms with Crippen LogP contribution in [0.1, 0.15) is 22.5 Å². The van der Waals surface area contributed by atoms with Crippen LogP contribution in [0.3, 0.4) is 0 Å². The summed E-state index contributed by atoms with van der Waals surface area (Å²) in [6.45, 7) is 1.80. The molecule has 0 aliphatic carbocycles. The molecule has 1 amide bonds. The SMILES string of the molecule is Cc1oncc1C(=O)N(C)CCC(=O)O. The Labute approximate surface area is 86.5 Å². The van der Waals surface area contributed by atoms with Crippen molar-refractivity contribution in [3.05, 3.63) is 17.5 Å². The average molecular weight is 212 g/mol. The molecule has 0 unspecified atom stereocenters. The number of hydrogen-bond acceptors (Lipinski definition) is 4. The molecular weight excluding hydrogens is 200 g/mol. The fourth-order valence-corrected chi connectivity index (χ4v) is 1.07. The first-order valence-electron chi connectivity index (χ1n) is 4.41. The van der Waals surface area contributed by atoms with E-state index in [1.54, 1.807) is 6.92 Å². The highest BCUT2D eigenvalue weighted by Crippen LogP contribution is 2.08. The summed E-state index contributed by atoms with van der Waals surface area (Å²) in [5, 5.41) is 11.9. The minimum Gasteiger partial charge on any atom is -0.481 e. The van der Waals surface area contributed by atoms with Crippen molar-refractivity contribution < 1.29 is 19.2 Å². The number of carboxylic acids is 1. The van der Waals surface area contributed by atoms with Gasteiger partial charge in [0, 0.05) is 13.6 Å². The number of carbonyl (C=O) groups is 2. The molecule has 6 nitrogen and oxygen atoms in total. The van der Waals surface area contributed by atoms with Gasteiger partial charge in [0.2, 0.25) is 0 Å². The molecule has 0 saturated carbocycles. The average Bonchev–Trinajstić information content (AvgIpc) is 2.59. The highest BCUT2D eigenvalue weighted by atomic mass is 16.5. The van der Waals surface area contributed by atoms with Crippen LogP contribution in [0.5, 0.6) is 0 Å². The van der Waals surface area contributed by atoms with Gasteiger partial charge < -0.3 is 14.5 Å². The van der Waals surface area contributed by atoms with Gasteiger partial charge in [0.25, 0.3) is 5.91 Å². The normalized spacial score (nSPS) is 10.0. The Hall–Kier alpha value is -1.85. The summed E-state index contributed by atoms with van der Waals surface area (Å²) in [6, 6.07) is 0. The number of hydrogen-bond donors (Lipinski definition) is 1. The molecular formula is C9H12N2O4. The molecule has 1 rings (SSSR count). The molecule has 0 aromatic carbocycles. The van der Waals surface area contributed by atoms with Crippen LogP contribution in [-0.4, -0.2) is 40.6 Å². The van der Waals surface area contributed by atoms with Crippen LogP contribution in [0.25, 0.3) is 0 Å². The number of aryl methyl sites for hydroxylation is 1. The third-order valence-electron chi connectivity index (χ3n) is 1.99. The smallest absolute Gasteiger partial charge is 0.305 e. The second-order valence-electron chi connectivity index (χ2n) is 3.17. The highest BCUT2D eigenvalue weighted by molar-refractivity contribution is 5.94. The Balaban J connectivity index is 2.61. The lowest BCUT2D eigenvalue weighted by Crippen LogP contribution is -2.29. The summed E-state index contributed by atoms with van der Waals surface area (Å²) >= 11 is 0. The molecule has 0 aliphatic rings. The Morgan fingerprint density at radius 1 is 1.60 bits per heavy atom. The van der Waals surface area contributed by atoms with Crippen LogP contribution in [0.15, 0.2) is 10.7 Å². The van der Waals surface area contributed by atoms with Gasteiger partial charge in [-0.05, 0) is 6.92 Å². The predicted molar refractivity (Wildman–Crippen MR) is 50.5 cm³/mol. The Bertz CT molecular complexity index is 372. The molecule has 1 aromatic rings. The molecule has 1 heterocycles. The Kier molecular flexibility index (Phi) is 3.43. The summed E-state index contributed by atoms with van der Waals surface area (Å²) in [7, 11) is 1.54. The lowest BCUT2D eigenvalue weighted by atomic mass is 10.2. The first-order valence-corrected chi connectivity index (χ1v) is 4.41. The van der Waals surface area contributed by atoms with Crippen LogP contribution < -0.4 is 0 Å². The number of nitrogens with zero attached hydrogens (tertiary/aromatic N) is 2. The zero-order chi connectivity index (χ0) is 11.4. The second-order valence-corrected chi connectivity index (χ2v) is 3.17. The maximum absolute atomic E-state index is 11.7. The third-order valence-corrected chi connectivity index (χ3v) is 1.99. The van der Waals surface area contributed by atoms with Crippen LogP contribution >= 0.6 is 0 Å². The van der Waals surface area contributed by atoms with E-state index in [9.17, 15) is 9.59 Å². The van der Waals surface area contributed by atoms with Gasteiger partial charge in [0.05, 0.1) is 12.6 Å². The lowest BCUT2D eigenvalue weighted by molar-refractivity contribution is -0.137. The molecule has 1 N–H and O–H groups in total. The highest BCUT2D eigenvalue weighted by Gasteiger charge is 2.17. The van der Waals surface area contributed by atoms with Crippen molar-refractivity contribution in [2.45, 2.75) is 13.3 Å². The number of amides is 1. The van der Waals surface area contributed by atoms with E-state index in [1.165, 1.54) is 18.1 Å². The molecule has 0 saturated heterocycles. The van der Waals surface area contributed by atoms with Gasteiger partial charge in [0.1, 0.15) is 11.3 Å². The lowest BCUT2D eigenvalue weighted by Gasteiger charge is -2.14. The number of carboxylic acid groups (broad SMARTS) is 1. The standard InChI is InChI=1S/C9H12N2O4/c1-6-7(5-10-15-6)9(14)11(2)4-3-8(12)13/h5H,3-4H2,1-2H3,(H,12,13). The quantitative estimate of drug-likeness (QED) is 0.787. The molecule has 6 heteroatoms. The molecule has 15 heavy (non-hydrogen) atoms. The van der Waals surface area contributed by atoms with Crippen molar-refractivity contribution in [3.63, 3.8) is 0 Å². The molecule has 0 radical (unpaired) electrons. The summed E-state index contributed by atoms with van der Waals surface area (Å²) < 4.78 is 4.75. The monoisotopic (exact) mass is 212 g/mol. The van der Waals surface area contributed by atoms with Crippen molar-refractivity contribution in [1.29, 1.82) is 0 Å². The minimum absolute atomic E-state index is 0.0768. The number of aliphatic carboxylic acids is 1. The van der Waals surface area contributed by atoms with Crippen LogP contribution in [0.4, 0.5) is 0 Å². The van der Waals surface area contributed by atoms with Gasteiger partial charge in [-0.3, -0.25) is 9.59 Å². The van der Waals surface area contributed by atoms with Gasteiger partial charge in [-0.1, -0.05) is 5.16 Å². The zero-order valence-corrected chi connectivity index (χ0v) is 8.56. The predicted octanol–water partition coefficient (Wildman–Crippen LogP) is 0.530. The Morgan fingerprint density at radius 3 is 2.73 bits per heavy atom. The molecule has 0 spiro atoms. The van der Waals surface area contributed by atoms with Crippen LogP contribution in [-0.2, 0) is 4.79 Å². The van der Waals surface area contributed by atoms with Gasteiger partial charge >= 0.3 is 5.97 Å². The largest absolute Gasteiger partial charge is 0.481 e. The van der Waals surface area contributed by atoms with E-state index in [2.05, 4.69) is 5.16 Å². The van der Waals surface area contributed by atoms with Gasteiger partial charge in [-0.15, -0.1) is 0 Å². The van der Waals surface area contributed by atoms with Crippen molar-refractivity contribution in [2.75, 3.05) is 13.6 Å². The van der Waals surface area contributed by atoms with Crippen molar-refractivity contribution in [1.82, 2.24) is 10.1 Å². The van der Waals surface area contributed by atoms with E-state index in [0.717, 1.165) is 0 Å². The molecule has 0 aliphatic heterocycles. The topological polar surface area (TPSA) is 83.6 Å². The maximum Gasteiger partial charge on any atom is 0.305 e. The maximum atomic E-state index is 11.7. The van der Waals surface area contributed by atoms with E-state index in [-0.39, 0.29) is 18.9 Å². The number of carbonyl (C=O) groups excluding carboxylic acids is 1. The first-order chi connectivity index (χ1) is 7.02. The fraction of sp³-hybridized carbons (Fsp3) is 0.444. The number of aromatic nitrogens is 1. The van der Waals surface area contributed by atoms with Crippen molar-refractivity contribution in [3.8, 4) is 0 Å². The fourth-order valence-electron chi connectivity index (χ4n) is 1.07.